The zero-order valence-corrected chi connectivity index (χ0v) is 11.2. The van der Waals surface area contributed by atoms with Gasteiger partial charge in [-0.1, -0.05) is 24.3 Å². The summed E-state index contributed by atoms with van der Waals surface area (Å²) in [5.41, 5.74) is 0.241. The summed E-state index contributed by atoms with van der Waals surface area (Å²) >= 11 is 0. The van der Waals surface area contributed by atoms with Gasteiger partial charge in [-0.15, -0.1) is 0 Å². The van der Waals surface area contributed by atoms with Crippen molar-refractivity contribution in [1.29, 1.82) is 0 Å². The molecule has 1 aromatic carbocycles. The largest absolute Gasteiger partial charge is 0.478 e. The molecular formula is C15H16N2O3. The highest BCUT2D eigenvalue weighted by Crippen LogP contribution is 2.29. The van der Waals surface area contributed by atoms with E-state index in [9.17, 15) is 9.90 Å². The number of carboxylic acid groups (broad SMARTS) is 1. The smallest absolute Gasteiger partial charge is 0.337 e. The molecule has 104 valence electrons. The van der Waals surface area contributed by atoms with Gasteiger partial charge in [-0.05, 0) is 6.92 Å². The number of benzene rings is 1. The zero-order chi connectivity index (χ0) is 14.1. The maximum atomic E-state index is 11.3. The number of anilines is 1. The second kappa shape index (κ2) is 5.09. The van der Waals surface area contributed by atoms with Crippen LogP contribution in [-0.4, -0.2) is 41.9 Å². The lowest BCUT2D eigenvalue weighted by Gasteiger charge is -2.35. The van der Waals surface area contributed by atoms with Crippen LogP contribution in [0.2, 0.25) is 0 Å². The lowest BCUT2D eigenvalue weighted by Crippen LogP contribution is -2.44. The fourth-order valence-electron chi connectivity index (χ4n) is 2.62. The van der Waals surface area contributed by atoms with Crippen LogP contribution in [0.1, 0.15) is 17.3 Å². The minimum Gasteiger partial charge on any atom is -0.478 e. The maximum Gasteiger partial charge on any atom is 0.337 e. The second-order valence-corrected chi connectivity index (χ2v) is 4.96. The van der Waals surface area contributed by atoms with E-state index in [1.807, 2.05) is 24.3 Å². The summed E-state index contributed by atoms with van der Waals surface area (Å²) in [5.74, 6) is -0.114. The van der Waals surface area contributed by atoms with E-state index in [0.29, 0.717) is 13.2 Å². The van der Waals surface area contributed by atoms with E-state index in [1.165, 1.54) is 6.20 Å². The molecule has 1 atom stereocenters. The molecule has 20 heavy (non-hydrogen) atoms. The number of carbonyl (C=O) groups is 1. The van der Waals surface area contributed by atoms with E-state index in [-0.39, 0.29) is 11.6 Å². The minimum absolute atomic E-state index is 0.232. The molecule has 0 spiro atoms. The van der Waals surface area contributed by atoms with Crippen LogP contribution in [-0.2, 0) is 4.74 Å². The number of aromatic carboxylic acids is 1. The number of carboxylic acids is 1. The molecule has 0 radical (unpaired) electrons. The predicted octanol–water partition coefficient (Wildman–Crippen LogP) is 2.16. The molecule has 0 aliphatic carbocycles. The summed E-state index contributed by atoms with van der Waals surface area (Å²) in [4.78, 5) is 17.9. The lowest BCUT2D eigenvalue weighted by molar-refractivity contribution is 0.0698. The Labute approximate surface area is 116 Å². The summed E-state index contributed by atoms with van der Waals surface area (Å²) in [6.07, 6.45) is 1.45. The van der Waals surface area contributed by atoms with Crippen LogP contribution < -0.4 is 4.90 Å². The Morgan fingerprint density at radius 3 is 2.85 bits per heavy atom. The van der Waals surface area contributed by atoms with Crippen molar-refractivity contribution in [2.24, 2.45) is 0 Å². The number of hydrogen-bond acceptors (Lipinski definition) is 4. The molecule has 5 nitrogen and oxygen atoms in total. The second-order valence-electron chi connectivity index (χ2n) is 4.96. The number of nitrogens with zero attached hydrogens (tertiary/aromatic N) is 2. The van der Waals surface area contributed by atoms with Crippen molar-refractivity contribution >= 4 is 22.6 Å². The van der Waals surface area contributed by atoms with Crippen molar-refractivity contribution in [2.45, 2.75) is 13.0 Å². The Bertz CT molecular complexity index is 657. The minimum atomic E-state index is -0.949. The fraction of sp³-hybridized carbons (Fsp3) is 0.333. The SMILES string of the molecule is CC1COCCN1c1ncc(C(=O)O)c2ccccc12. The average molecular weight is 272 g/mol. The number of aromatic nitrogens is 1. The van der Waals surface area contributed by atoms with E-state index in [1.54, 1.807) is 0 Å². The van der Waals surface area contributed by atoms with Gasteiger partial charge < -0.3 is 14.7 Å². The van der Waals surface area contributed by atoms with Crippen molar-refractivity contribution in [2.75, 3.05) is 24.7 Å². The van der Waals surface area contributed by atoms with Crippen molar-refractivity contribution in [3.05, 3.63) is 36.0 Å². The third-order valence-electron chi connectivity index (χ3n) is 3.64. The van der Waals surface area contributed by atoms with Gasteiger partial charge in [0.1, 0.15) is 5.82 Å². The molecule has 1 N–H and O–H groups in total. The average Bonchev–Trinajstić information content (AvgIpc) is 2.46. The van der Waals surface area contributed by atoms with Crippen LogP contribution in [0, 0.1) is 0 Å². The first-order valence-corrected chi connectivity index (χ1v) is 6.64. The van der Waals surface area contributed by atoms with Gasteiger partial charge in [0.15, 0.2) is 0 Å². The summed E-state index contributed by atoms with van der Waals surface area (Å²) < 4.78 is 5.44. The van der Waals surface area contributed by atoms with Gasteiger partial charge in [-0.2, -0.15) is 0 Å². The summed E-state index contributed by atoms with van der Waals surface area (Å²) in [6.45, 7) is 4.18. The van der Waals surface area contributed by atoms with E-state index in [4.69, 9.17) is 4.74 Å². The van der Waals surface area contributed by atoms with Crippen molar-refractivity contribution in [3.8, 4) is 0 Å². The Hall–Kier alpha value is -2.14. The van der Waals surface area contributed by atoms with Crippen LogP contribution in [0.15, 0.2) is 30.5 Å². The molecule has 3 rings (SSSR count). The maximum absolute atomic E-state index is 11.3. The van der Waals surface area contributed by atoms with Crippen LogP contribution >= 0.6 is 0 Å². The molecule has 0 amide bonds. The highest BCUT2D eigenvalue weighted by molar-refractivity contribution is 6.06. The molecule has 5 heteroatoms. The Kier molecular flexibility index (Phi) is 3.28. The molecule has 1 aliphatic rings. The standard InChI is InChI=1S/C15H16N2O3/c1-10-9-20-7-6-17(10)14-12-5-3-2-4-11(12)13(8-16-14)15(18)19/h2-5,8,10H,6-7,9H2,1H3,(H,18,19). The van der Waals surface area contributed by atoms with E-state index < -0.39 is 5.97 Å². The first-order chi connectivity index (χ1) is 9.68. The number of rotatable bonds is 2. The number of ether oxygens (including phenoxy) is 1. The third-order valence-corrected chi connectivity index (χ3v) is 3.64. The van der Waals surface area contributed by atoms with E-state index >= 15 is 0 Å². The molecule has 0 saturated carbocycles. The van der Waals surface area contributed by atoms with Crippen LogP contribution in [0.5, 0.6) is 0 Å². The quantitative estimate of drug-likeness (QED) is 0.907. The summed E-state index contributed by atoms with van der Waals surface area (Å²) in [6, 6.07) is 7.74. The first kappa shape index (κ1) is 12.9. The lowest BCUT2D eigenvalue weighted by atomic mass is 10.1. The van der Waals surface area contributed by atoms with Crippen molar-refractivity contribution in [3.63, 3.8) is 0 Å². The van der Waals surface area contributed by atoms with Gasteiger partial charge in [-0.25, -0.2) is 9.78 Å². The zero-order valence-electron chi connectivity index (χ0n) is 11.2. The van der Waals surface area contributed by atoms with Crippen LogP contribution in [0.4, 0.5) is 5.82 Å². The van der Waals surface area contributed by atoms with E-state index in [0.717, 1.165) is 23.1 Å². The third kappa shape index (κ3) is 2.10. The topological polar surface area (TPSA) is 62.7 Å². The highest BCUT2D eigenvalue weighted by atomic mass is 16.5. The van der Waals surface area contributed by atoms with Crippen molar-refractivity contribution < 1.29 is 14.6 Å². The summed E-state index contributed by atoms with van der Waals surface area (Å²) in [5, 5.41) is 10.9. The number of fused-ring (bicyclic) bond motifs is 1. The molecule has 1 aromatic heterocycles. The van der Waals surface area contributed by atoms with Gasteiger partial charge in [0.05, 0.1) is 24.8 Å². The fourth-order valence-corrected chi connectivity index (χ4v) is 2.62. The van der Waals surface area contributed by atoms with Gasteiger partial charge in [0.2, 0.25) is 0 Å². The summed E-state index contributed by atoms with van der Waals surface area (Å²) in [7, 11) is 0. The van der Waals surface area contributed by atoms with Gasteiger partial charge >= 0.3 is 5.97 Å². The number of hydrogen-bond donors (Lipinski definition) is 1. The van der Waals surface area contributed by atoms with Crippen LogP contribution in [0.25, 0.3) is 10.8 Å². The molecule has 2 heterocycles. The normalized spacial score (nSPS) is 19.2. The predicted molar refractivity (Wildman–Crippen MR) is 76.3 cm³/mol. The Balaban J connectivity index is 2.17. The molecular weight excluding hydrogens is 256 g/mol. The molecule has 2 aromatic rings. The molecule has 1 unspecified atom stereocenters. The van der Waals surface area contributed by atoms with Crippen molar-refractivity contribution in [1.82, 2.24) is 4.98 Å². The van der Waals surface area contributed by atoms with Gasteiger partial charge in [0, 0.05) is 23.5 Å². The van der Waals surface area contributed by atoms with Crippen LogP contribution in [0.3, 0.4) is 0 Å². The van der Waals surface area contributed by atoms with E-state index in [2.05, 4.69) is 16.8 Å². The molecule has 1 aliphatic heterocycles. The number of morpholine rings is 1. The Morgan fingerprint density at radius 2 is 2.15 bits per heavy atom. The first-order valence-electron chi connectivity index (χ1n) is 6.64. The number of pyridine rings is 1. The van der Waals surface area contributed by atoms with Gasteiger partial charge in [-0.3, -0.25) is 0 Å². The molecule has 1 fully saturated rings. The molecule has 0 bridgehead atoms. The highest BCUT2D eigenvalue weighted by Gasteiger charge is 2.23. The van der Waals surface area contributed by atoms with Gasteiger partial charge in [0.25, 0.3) is 0 Å². The monoisotopic (exact) mass is 272 g/mol. The Morgan fingerprint density at radius 1 is 1.40 bits per heavy atom. The molecule has 1 saturated heterocycles.